The second kappa shape index (κ2) is 6.86. The van der Waals surface area contributed by atoms with E-state index in [0.29, 0.717) is 41.4 Å². The van der Waals surface area contributed by atoms with Crippen molar-refractivity contribution in [3.05, 3.63) is 52.5 Å². The molecule has 0 aliphatic heterocycles. The maximum Gasteiger partial charge on any atom is 0.264 e. The van der Waals surface area contributed by atoms with Crippen molar-refractivity contribution < 1.29 is 9.47 Å². The van der Waals surface area contributed by atoms with Crippen molar-refractivity contribution in [2.45, 2.75) is 19.3 Å². The van der Waals surface area contributed by atoms with Crippen molar-refractivity contribution in [2.24, 2.45) is 13.0 Å². The van der Waals surface area contributed by atoms with Gasteiger partial charge in [-0.15, -0.1) is 0 Å². The molecule has 140 valence electrons. The fraction of sp³-hybridized carbons (Fsp3) is 0.368. The molecule has 1 aliphatic rings. The molecule has 4 rings (SSSR count). The van der Waals surface area contributed by atoms with Crippen LogP contribution in [-0.2, 0) is 7.05 Å². The Labute approximate surface area is 156 Å². The minimum Gasteiger partial charge on any atom is -0.495 e. The molecule has 2 atom stereocenters. The molecule has 0 amide bonds. The minimum absolute atomic E-state index is 0.174. The van der Waals surface area contributed by atoms with Gasteiger partial charge in [0.25, 0.3) is 5.56 Å². The van der Waals surface area contributed by atoms with Crippen LogP contribution in [0.25, 0.3) is 11.3 Å². The summed E-state index contributed by atoms with van der Waals surface area (Å²) in [4.78, 5) is 24.7. The van der Waals surface area contributed by atoms with E-state index in [1.165, 1.54) is 6.07 Å². The zero-order chi connectivity index (χ0) is 19.0. The van der Waals surface area contributed by atoms with E-state index < -0.39 is 0 Å². The van der Waals surface area contributed by atoms with Gasteiger partial charge in [0.2, 0.25) is 5.88 Å². The highest BCUT2D eigenvalue weighted by atomic mass is 16.5. The smallest absolute Gasteiger partial charge is 0.264 e. The van der Waals surface area contributed by atoms with E-state index in [4.69, 9.17) is 9.47 Å². The summed E-state index contributed by atoms with van der Waals surface area (Å²) in [7, 11) is 3.40. The number of hydrogen-bond donors (Lipinski definition) is 1. The van der Waals surface area contributed by atoms with Gasteiger partial charge in [0.1, 0.15) is 11.6 Å². The van der Waals surface area contributed by atoms with Crippen LogP contribution < -0.4 is 15.0 Å². The van der Waals surface area contributed by atoms with Crippen molar-refractivity contribution in [3.63, 3.8) is 0 Å². The molecule has 1 aliphatic carbocycles. The van der Waals surface area contributed by atoms with E-state index in [2.05, 4.69) is 20.1 Å². The van der Waals surface area contributed by atoms with Crippen LogP contribution in [0.3, 0.4) is 0 Å². The molecule has 3 heterocycles. The van der Waals surface area contributed by atoms with Crippen LogP contribution in [0.5, 0.6) is 11.6 Å². The molecule has 0 spiro atoms. The highest BCUT2D eigenvalue weighted by Gasteiger charge is 2.40. The molecule has 1 N–H and O–H groups in total. The molecule has 0 bridgehead atoms. The summed E-state index contributed by atoms with van der Waals surface area (Å²) < 4.78 is 12.8. The van der Waals surface area contributed by atoms with E-state index in [0.717, 1.165) is 17.9 Å². The maximum atomic E-state index is 11.6. The van der Waals surface area contributed by atoms with Gasteiger partial charge in [-0.25, -0.2) is 4.98 Å². The largest absolute Gasteiger partial charge is 0.495 e. The maximum absolute atomic E-state index is 11.6. The molecule has 0 saturated heterocycles. The molecular weight excluding hydrogens is 346 g/mol. The van der Waals surface area contributed by atoms with Gasteiger partial charge in [-0.1, -0.05) is 0 Å². The second-order valence-electron chi connectivity index (χ2n) is 6.74. The van der Waals surface area contributed by atoms with E-state index in [1.54, 1.807) is 31.2 Å². The minimum atomic E-state index is -0.174. The standard InChI is InChI=1S/C19H21N5O3/c1-11-20-9-15(17-7-18(25)23-24(17)2)19(22-11)27-10-12-6-14(12)16-5-4-13(26-3)8-21-16/h4-5,7-9,12,14H,6,10H2,1-3H3,(H,23,25)/t12-,14+/m1/s1. The molecule has 27 heavy (non-hydrogen) atoms. The lowest BCUT2D eigenvalue weighted by Gasteiger charge is -2.11. The number of nitrogens with zero attached hydrogens (tertiary/aromatic N) is 4. The predicted molar refractivity (Wildman–Crippen MR) is 98.9 cm³/mol. The Balaban J connectivity index is 1.48. The number of nitrogens with one attached hydrogen (secondary N) is 1. The van der Waals surface area contributed by atoms with E-state index >= 15 is 0 Å². The van der Waals surface area contributed by atoms with Gasteiger partial charge < -0.3 is 9.47 Å². The van der Waals surface area contributed by atoms with Crippen molar-refractivity contribution in [1.29, 1.82) is 0 Å². The van der Waals surface area contributed by atoms with Crippen LogP contribution in [0.15, 0.2) is 35.4 Å². The normalized spacial score (nSPS) is 18.3. The van der Waals surface area contributed by atoms with Gasteiger partial charge in [0, 0.05) is 36.8 Å². The number of ether oxygens (including phenoxy) is 2. The van der Waals surface area contributed by atoms with E-state index in [-0.39, 0.29) is 5.56 Å². The molecule has 0 aromatic carbocycles. The van der Waals surface area contributed by atoms with Crippen molar-refractivity contribution in [1.82, 2.24) is 24.7 Å². The van der Waals surface area contributed by atoms with Crippen molar-refractivity contribution in [2.75, 3.05) is 13.7 Å². The van der Waals surface area contributed by atoms with Gasteiger partial charge in [-0.3, -0.25) is 19.6 Å². The van der Waals surface area contributed by atoms with Crippen LogP contribution in [0, 0.1) is 12.8 Å². The monoisotopic (exact) mass is 367 g/mol. The van der Waals surface area contributed by atoms with Crippen molar-refractivity contribution >= 4 is 0 Å². The first-order valence-corrected chi connectivity index (χ1v) is 8.78. The van der Waals surface area contributed by atoms with Crippen molar-refractivity contribution in [3.8, 4) is 22.9 Å². The van der Waals surface area contributed by atoms with Crippen LogP contribution in [0.1, 0.15) is 23.9 Å². The SMILES string of the molecule is COc1ccc([C@H]2C[C@@H]2COc2nc(C)ncc2-c2cc(=O)[nH]n2C)nc1. The molecule has 0 unspecified atom stereocenters. The van der Waals surface area contributed by atoms with Gasteiger partial charge >= 0.3 is 0 Å². The highest BCUT2D eigenvalue weighted by Crippen LogP contribution is 2.47. The van der Waals surface area contributed by atoms with Crippen LogP contribution in [0.4, 0.5) is 0 Å². The second-order valence-corrected chi connectivity index (χ2v) is 6.74. The van der Waals surface area contributed by atoms with Crippen LogP contribution >= 0.6 is 0 Å². The number of methoxy groups -OCH3 is 1. The molecule has 3 aromatic rings. The summed E-state index contributed by atoms with van der Waals surface area (Å²) in [5.74, 6) is 2.65. The average molecular weight is 367 g/mol. The molecule has 3 aromatic heterocycles. The number of pyridine rings is 1. The number of aromatic amines is 1. The van der Waals surface area contributed by atoms with Gasteiger partial charge in [-0.05, 0) is 25.5 Å². The molecule has 8 nitrogen and oxygen atoms in total. The summed E-state index contributed by atoms with van der Waals surface area (Å²) in [6.07, 6.45) is 4.46. The third-order valence-electron chi connectivity index (χ3n) is 4.79. The third-order valence-corrected chi connectivity index (χ3v) is 4.79. The zero-order valence-corrected chi connectivity index (χ0v) is 15.5. The molecule has 8 heteroatoms. The number of H-pyrrole nitrogens is 1. The van der Waals surface area contributed by atoms with Gasteiger partial charge in [0.15, 0.2) is 0 Å². The Morgan fingerprint density at radius 3 is 2.81 bits per heavy atom. The van der Waals surface area contributed by atoms with E-state index in [1.807, 2.05) is 19.1 Å². The topological polar surface area (TPSA) is 94.9 Å². The summed E-state index contributed by atoms with van der Waals surface area (Å²) >= 11 is 0. The summed E-state index contributed by atoms with van der Waals surface area (Å²) in [5.41, 5.74) is 2.27. The number of aromatic nitrogens is 5. The molecule has 0 radical (unpaired) electrons. The average Bonchev–Trinajstić information content (AvgIpc) is 3.37. The summed E-state index contributed by atoms with van der Waals surface area (Å²) in [6, 6.07) is 5.44. The Bertz CT molecular complexity index is 1010. The Morgan fingerprint density at radius 1 is 1.30 bits per heavy atom. The Kier molecular flexibility index (Phi) is 4.39. The number of rotatable bonds is 6. The zero-order valence-electron chi connectivity index (χ0n) is 15.5. The Morgan fingerprint density at radius 2 is 2.15 bits per heavy atom. The van der Waals surface area contributed by atoms with Crippen LogP contribution in [0.2, 0.25) is 0 Å². The Hall–Kier alpha value is -3.16. The summed E-state index contributed by atoms with van der Waals surface area (Å²) in [5, 5.41) is 2.69. The first kappa shape index (κ1) is 17.3. The highest BCUT2D eigenvalue weighted by molar-refractivity contribution is 5.64. The number of hydrogen-bond acceptors (Lipinski definition) is 6. The predicted octanol–water partition coefficient (Wildman–Crippen LogP) is 2.06. The first-order valence-electron chi connectivity index (χ1n) is 8.78. The summed E-state index contributed by atoms with van der Waals surface area (Å²) in [6.45, 7) is 2.36. The molecular formula is C19H21N5O3. The van der Waals surface area contributed by atoms with Gasteiger partial charge in [0.05, 0.1) is 31.2 Å². The third kappa shape index (κ3) is 3.55. The molecule has 1 fully saturated rings. The quantitative estimate of drug-likeness (QED) is 0.717. The number of aryl methyl sites for hydroxylation is 2. The van der Waals surface area contributed by atoms with E-state index in [9.17, 15) is 4.79 Å². The lowest BCUT2D eigenvalue weighted by atomic mass is 10.2. The van der Waals surface area contributed by atoms with Gasteiger partial charge in [-0.2, -0.15) is 4.98 Å². The lowest BCUT2D eigenvalue weighted by molar-refractivity contribution is 0.285. The molecule has 1 saturated carbocycles. The fourth-order valence-corrected chi connectivity index (χ4v) is 3.18. The fourth-order valence-electron chi connectivity index (χ4n) is 3.18. The first-order chi connectivity index (χ1) is 13.0. The lowest BCUT2D eigenvalue weighted by Crippen LogP contribution is -2.07. The van der Waals surface area contributed by atoms with Crippen LogP contribution in [-0.4, -0.2) is 38.4 Å².